The molecule has 1 aliphatic carbocycles. The molecule has 0 amide bonds. The topological polar surface area (TPSA) is 35.5 Å². The molecule has 1 saturated heterocycles. The van der Waals surface area contributed by atoms with Crippen LogP contribution in [0.1, 0.15) is 12.8 Å². The van der Waals surface area contributed by atoms with Crippen LogP contribution in [0.5, 0.6) is 0 Å². The van der Waals surface area contributed by atoms with Crippen molar-refractivity contribution < 1.29 is 14.3 Å². The maximum absolute atomic E-state index is 11.0. The third-order valence-electron chi connectivity index (χ3n) is 2.56. The lowest BCUT2D eigenvalue weighted by Gasteiger charge is -2.07. The third-order valence-corrected chi connectivity index (χ3v) is 2.56. The van der Waals surface area contributed by atoms with Gasteiger partial charge in [0.1, 0.15) is 0 Å². The summed E-state index contributed by atoms with van der Waals surface area (Å²) in [7, 11) is 1.44. The molecule has 2 fully saturated rings. The molecular weight excluding hydrogens is 144 g/mol. The number of ether oxygens (including phenoxy) is 2. The van der Waals surface area contributed by atoms with E-state index in [2.05, 4.69) is 4.74 Å². The Balaban J connectivity index is 1.94. The Morgan fingerprint density at radius 1 is 1.64 bits per heavy atom. The lowest BCUT2D eigenvalue weighted by atomic mass is 10.2. The molecule has 0 bridgehead atoms. The number of hydrogen-bond donors (Lipinski definition) is 0. The Bertz CT molecular complexity index is 166. The molecular formula is C8H12O3. The molecule has 3 atom stereocenters. The fourth-order valence-electron chi connectivity index (χ4n) is 1.90. The molecule has 0 aromatic rings. The SMILES string of the molecule is COC(=O)C1C2CCCOC21. The second-order valence-electron chi connectivity index (χ2n) is 3.19. The Morgan fingerprint density at radius 2 is 2.45 bits per heavy atom. The summed E-state index contributed by atoms with van der Waals surface area (Å²) < 4.78 is 10.0. The third kappa shape index (κ3) is 1.03. The zero-order valence-electron chi connectivity index (χ0n) is 6.58. The van der Waals surface area contributed by atoms with Gasteiger partial charge in [-0.15, -0.1) is 0 Å². The van der Waals surface area contributed by atoms with Crippen LogP contribution in [-0.4, -0.2) is 25.8 Å². The number of rotatable bonds is 1. The van der Waals surface area contributed by atoms with Crippen molar-refractivity contribution in [2.75, 3.05) is 13.7 Å². The number of methoxy groups -OCH3 is 1. The highest BCUT2D eigenvalue weighted by atomic mass is 16.5. The van der Waals surface area contributed by atoms with Gasteiger partial charge in [0.05, 0.1) is 19.1 Å². The van der Waals surface area contributed by atoms with Crippen LogP contribution in [0, 0.1) is 11.8 Å². The van der Waals surface area contributed by atoms with Crippen molar-refractivity contribution in [3.8, 4) is 0 Å². The molecule has 0 radical (unpaired) electrons. The van der Waals surface area contributed by atoms with Gasteiger partial charge in [0, 0.05) is 12.5 Å². The van der Waals surface area contributed by atoms with Crippen LogP contribution in [0.3, 0.4) is 0 Å². The van der Waals surface area contributed by atoms with Crippen molar-refractivity contribution >= 4 is 5.97 Å². The lowest BCUT2D eigenvalue weighted by Crippen LogP contribution is -2.08. The molecule has 3 heteroatoms. The Hall–Kier alpha value is -0.570. The van der Waals surface area contributed by atoms with Crippen LogP contribution < -0.4 is 0 Å². The summed E-state index contributed by atoms with van der Waals surface area (Å²) >= 11 is 0. The number of fused-ring (bicyclic) bond motifs is 1. The summed E-state index contributed by atoms with van der Waals surface area (Å²) in [5, 5.41) is 0. The van der Waals surface area contributed by atoms with E-state index in [0.29, 0.717) is 5.92 Å². The van der Waals surface area contributed by atoms with Crippen LogP contribution in [0.15, 0.2) is 0 Å². The number of carbonyl (C=O) groups excluding carboxylic acids is 1. The summed E-state index contributed by atoms with van der Waals surface area (Å²) in [5.41, 5.74) is 0. The minimum absolute atomic E-state index is 0.0579. The molecule has 1 saturated carbocycles. The van der Waals surface area contributed by atoms with Gasteiger partial charge in [0.15, 0.2) is 0 Å². The van der Waals surface area contributed by atoms with Gasteiger partial charge in [-0.25, -0.2) is 0 Å². The zero-order valence-corrected chi connectivity index (χ0v) is 6.58. The average Bonchev–Trinajstić information content (AvgIpc) is 2.77. The quantitative estimate of drug-likeness (QED) is 0.521. The van der Waals surface area contributed by atoms with Crippen LogP contribution in [-0.2, 0) is 14.3 Å². The fourth-order valence-corrected chi connectivity index (χ4v) is 1.90. The molecule has 11 heavy (non-hydrogen) atoms. The number of hydrogen-bond acceptors (Lipinski definition) is 3. The van der Waals surface area contributed by atoms with E-state index in [-0.39, 0.29) is 18.0 Å². The van der Waals surface area contributed by atoms with Crippen LogP contribution in [0.2, 0.25) is 0 Å². The maximum atomic E-state index is 11.0. The second-order valence-corrected chi connectivity index (χ2v) is 3.19. The van der Waals surface area contributed by atoms with Gasteiger partial charge in [-0.3, -0.25) is 4.79 Å². The van der Waals surface area contributed by atoms with Crippen molar-refractivity contribution in [1.29, 1.82) is 0 Å². The smallest absolute Gasteiger partial charge is 0.311 e. The largest absolute Gasteiger partial charge is 0.469 e. The van der Waals surface area contributed by atoms with Gasteiger partial charge in [-0.05, 0) is 12.8 Å². The van der Waals surface area contributed by atoms with Crippen LogP contribution in [0.25, 0.3) is 0 Å². The van der Waals surface area contributed by atoms with Gasteiger partial charge in [0.25, 0.3) is 0 Å². The van der Waals surface area contributed by atoms with E-state index in [1.54, 1.807) is 0 Å². The van der Waals surface area contributed by atoms with E-state index in [1.165, 1.54) is 7.11 Å². The Kier molecular flexibility index (Phi) is 1.60. The summed E-state index contributed by atoms with van der Waals surface area (Å²) in [4.78, 5) is 11.0. The summed E-state index contributed by atoms with van der Waals surface area (Å²) in [6, 6.07) is 0. The van der Waals surface area contributed by atoms with Crippen molar-refractivity contribution in [3.05, 3.63) is 0 Å². The predicted octanol–water partition coefficient (Wildman–Crippen LogP) is 0.584. The summed E-state index contributed by atoms with van der Waals surface area (Å²) in [6.07, 6.45) is 2.41. The Labute approximate surface area is 65.7 Å². The number of carbonyl (C=O) groups is 1. The molecule has 1 heterocycles. The van der Waals surface area contributed by atoms with Gasteiger partial charge < -0.3 is 9.47 Å². The zero-order chi connectivity index (χ0) is 7.84. The van der Waals surface area contributed by atoms with Crippen LogP contribution in [0.4, 0.5) is 0 Å². The monoisotopic (exact) mass is 156 g/mol. The first-order valence-electron chi connectivity index (χ1n) is 4.04. The average molecular weight is 156 g/mol. The van der Waals surface area contributed by atoms with E-state index < -0.39 is 0 Å². The molecule has 1 aliphatic heterocycles. The molecule has 62 valence electrons. The van der Waals surface area contributed by atoms with Gasteiger partial charge in [0.2, 0.25) is 0 Å². The molecule has 0 spiro atoms. The highest BCUT2D eigenvalue weighted by Crippen LogP contribution is 2.48. The van der Waals surface area contributed by atoms with Crippen molar-refractivity contribution in [1.82, 2.24) is 0 Å². The minimum atomic E-state index is -0.0955. The van der Waals surface area contributed by atoms with Gasteiger partial charge in [-0.1, -0.05) is 0 Å². The van der Waals surface area contributed by atoms with Gasteiger partial charge >= 0.3 is 5.97 Å². The molecule has 0 aromatic carbocycles. The van der Waals surface area contributed by atoms with E-state index in [0.717, 1.165) is 19.4 Å². The normalized spacial score (nSPS) is 41.0. The fraction of sp³-hybridized carbons (Fsp3) is 0.875. The lowest BCUT2D eigenvalue weighted by molar-refractivity contribution is -0.143. The highest BCUT2D eigenvalue weighted by molar-refractivity contribution is 5.77. The number of esters is 1. The van der Waals surface area contributed by atoms with Gasteiger partial charge in [-0.2, -0.15) is 0 Å². The predicted molar refractivity (Wildman–Crippen MR) is 38.0 cm³/mol. The first-order valence-corrected chi connectivity index (χ1v) is 4.04. The molecule has 3 unspecified atom stereocenters. The molecule has 0 aromatic heterocycles. The van der Waals surface area contributed by atoms with E-state index in [1.807, 2.05) is 0 Å². The maximum Gasteiger partial charge on any atom is 0.311 e. The highest BCUT2D eigenvalue weighted by Gasteiger charge is 2.57. The van der Waals surface area contributed by atoms with E-state index >= 15 is 0 Å². The molecule has 3 nitrogen and oxygen atoms in total. The van der Waals surface area contributed by atoms with Crippen molar-refractivity contribution in [2.45, 2.75) is 18.9 Å². The van der Waals surface area contributed by atoms with Crippen molar-refractivity contribution in [2.24, 2.45) is 11.8 Å². The standard InChI is InChI=1S/C8H12O3/c1-10-8(9)6-5-3-2-4-11-7(5)6/h5-7H,2-4H2,1H3. The summed E-state index contributed by atoms with van der Waals surface area (Å²) in [5.74, 6) is 0.431. The second kappa shape index (κ2) is 2.48. The minimum Gasteiger partial charge on any atom is -0.469 e. The Morgan fingerprint density at radius 3 is 3.00 bits per heavy atom. The van der Waals surface area contributed by atoms with E-state index in [9.17, 15) is 4.79 Å². The van der Waals surface area contributed by atoms with Crippen molar-refractivity contribution in [3.63, 3.8) is 0 Å². The molecule has 2 rings (SSSR count). The first-order chi connectivity index (χ1) is 5.34. The molecule has 0 N–H and O–H groups in total. The van der Waals surface area contributed by atoms with Crippen LogP contribution >= 0.6 is 0 Å². The summed E-state index contributed by atoms with van der Waals surface area (Å²) in [6.45, 7) is 0.814. The van der Waals surface area contributed by atoms with E-state index in [4.69, 9.17) is 4.74 Å². The molecule has 2 aliphatic rings. The first kappa shape index (κ1) is 7.10.